The number of rotatable bonds is 2. The van der Waals surface area contributed by atoms with Crippen LogP contribution in [-0.4, -0.2) is 17.4 Å². The van der Waals surface area contributed by atoms with E-state index in [-0.39, 0.29) is 41.0 Å². The van der Waals surface area contributed by atoms with Crippen LogP contribution in [0.5, 0.6) is 0 Å². The van der Waals surface area contributed by atoms with Crippen LogP contribution in [-0.2, 0) is 0 Å². The Morgan fingerprint density at radius 1 is 1.05 bits per heavy atom. The molecule has 1 rings (SSSR count). The van der Waals surface area contributed by atoms with Gasteiger partial charge in [-0.25, -0.2) is 4.99 Å². The van der Waals surface area contributed by atoms with Gasteiger partial charge in [-0.3, -0.25) is 0 Å². The predicted octanol–water partition coefficient (Wildman–Crippen LogP) is 1.94. The minimum atomic E-state index is -4.32. The van der Waals surface area contributed by atoms with E-state index in [0.29, 0.717) is 5.69 Å². The lowest BCUT2D eigenvalue weighted by atomic mass is 10.3. The average molecular weight is 314 g/mol. The first-order valence-electron chi connectivity index (χ1n) is 4.56. The van der Waals surface area contributed by atoms with Crippen LogP contribution in [0.4, 0.5) is 18.9 Å². The van der Waals surface area contributed by atoms with E-state index in [4.69, 9.17) is 17.2 Å². The molecule has 0 spiro atoms. The second-order valence-electron chi connectivity index (χ2n) is 3.05. The highest BCUT2D eigenvalue weighted by molar-refractivity contribution is 8.00. The van der Waals surface area contributed by atoms with Gasteiger partial charge in [0.2, 0.25) is 5.96 Å². The van der Waals surface area contributed by atoms with Crippen molar-refractivity contribution in [2.24, 2.45) is 27.2 Å². The van der Waals surface area contributed by atoms with Crippen molar-refractivity contribution in [2.45, 2.75) is 10.4 Å². The van der Waals surface area contributed by atoms with Crippen molar-refractivity contribution in [3.63, 3.8) is 0 Å². The topological polar surface area (TPSA) is 103 Å². The van der Waals surface area contributed by atoms with Crippen molar-refractivity contribution in [3.8, 4) is 0 Å². The number of hydrogen-bond donors (Lipinski definition) is 3. The molecule has 0 radical (unpaired) electrons. The third-order valence-electron chi connectivity index (χ3n) is 1.56. The van der Waals surface area contributed by atoms with E-state index < -0.39 is 5.51 Å². The van der Waals surface area contributed by atoms with Crippen LogP contribution in [0.15, 0.2) is 39.1 Å². The molecule has 0 saturated carbocycles. The summed E-state index contributed by atoms with van der Waals surface area (Å²) in [5, 5.41) is 0. The zero-order chi connectivity index (χ0) is 13.8. The van der Waals surface area contributed by atoms with Crippen LogP contribution >= 0.6 is 24.2 Å². The summed E-state index contributed by atoms with van der Waals surface area (Å²) in [5.74, 6) is -0.424. The van der Waals surface area contributed by atoms with E-state index >= 15 is 0 Å². The Kier molecular flexibility index (Phi) is 6.49. The normalized spacial score (nSPS) is 11.6. The number of hydrogen-bond acceptors (Lipinski definition) is 2. The fourth-order valence-electron chi connectivity index (χ4n) is 1.01. The lowest BCUT2D eigenvalue weighted by Gasteiger charge is -2.05. The van der Waals surface area contributed by atoms with Gasteiger partial charge in [-0.05, 0) is 36.0 Å². The first-order valence-corrected chi connectivity index (χ1v) is 5.37. The van der Waals surface area contributed by atoms with Gasteiger partial charge in [-0.2, -0.15) is 18.2 Å². The molecule has 0 bridgehead atoms. The average Bonchev–Trinajstić information content (AvgIpc) is 2.17. The van der Waals surface area contributed by atoms with Gasteiger partial charge in [0, 0.05) is 4.90 Å². The Labute approximate surface area is 117 Å². The standard InChI is InChI=1S/C9H10F3N5S.ClH/c10-9(11,12)18-6-3-1-5(2-4-6)16-8(15)17-7(13)14;/h1-4H,(H6,13,14,15,16,17);1H. The van der Waals surface area contributed by atoms with Crippen LogP contribution in [0.25, 0.3) is 0 Å². The van der Waals surface area contributed by atoms with Crippen molar-refractivity contribution in [3.05, 3.63) is 24.3 Å². The molecule has 0 aliphatic rings. The molecular weight excluding hydrogens is 303 g/mol. The van der Waals surface area contributed by atoms with Gasteiger partial charge < -0.3 is 17.2 Å². The monoisotopic (exact) mass is 313 g/mol. The van der Waals surface area contributed by atoms with Crippen LogP contribution in [0.2, 0.25) is 0 Å². The quantitative estimate of drug-likeness (QED) is 0.441. The van der Waals surface area contributed by atoms with Gasteiger partial charge >= 0.3 is 5.51 Å². The predicted molar refractivity (Wildman–Crippen MR) is 72.7 cm³/mol. The minimum absolute atomic E-state index is 0. The fourth-order valence-corrected chi connectivity index (χ4v) is 1.55. The summed E-state index contributed by atoms with van der Waals surface area (Å²) in [5.41, 5.74) is 11.6. The smallest absolute Gasteiger partial charge is 0.370 e. The van der Waals surface area contributed by atoms with E-state index in [2.05, 4.69) is 9.98 Å². The van der Waals surface area contributed by atoms with Gasteiger partial charge in [0.25, 0.3) is 0 Å². The minimum Gasteiger partial charge on any atom is -0.370 e. The Bertz CT molecular complexity index is 468. The molecule has 0 amide bonds. The number of nitrogens with two attached hydrogens (primary N) is 3. The zero-order valence-electron chi connectivity index (χ0n) is 9.39. The summed E-state index contributed by atoms with van der Waals surface area (Å²) in [4.78, 5) is 7.32. The number of nitrogens with zero attached hydrogens (tertiary/aromatic N) is 2. The molecule has 1 aromatic carbocycles. The lowest BCUT2D eigenvalue weighted by molar-refractivity contribution is -0.0328. The maximum absolute atomic E-state index is 12.1. The van der Waals surface area contributed by atoms with Crippen LogP contribution in [0.3, 0.4) is 0 Å². The molecule has 1 aromatic rings. The SMILES string of the molecule is Cl.NC(N)=NC(N)=Nc1ccc(SC(F)(F)F)cc1. The molecule has 6 N–H and O–H groups in total. The highest BCUT2D eigenvalue weighted by Crippen LogP contribution is 2.37. The molecule has 5 nitrogen and oxygen atoms in total. The number of benzene rings is 1. The molecule has 19 heavy (non-hydrogen) atoms. The number of aliphatic imine (C=N–C) groups is 2. The summed E-state index contributed by atoms with van der Waals surface area (Å²) in [6, 6.07) is 5.31. The Morgan fingerprint density at radius 2 is 1.58 bits per heavy atom. The number of halogens is 4. The summed E-state index contributed by atoms with van der Waals surface area (Å²) in [6.07, 6.45) is 0. The van der Waals surface area contributed by atoms with Crippen molar-refractivity contribution in [1.82, 2.24) is 0 Å². The summed E-state index contributed by atoms with van der Waals surface area (Å²) in [7, 11) is 0. The second-order valence-corrected chi connectivity index (χ2v) is 4.19. The molecular formula is C9H11ClF3N5S. The molecule has 0 aliphatic carbocycles. The number of alkyl halides is 3. The maximum Gasteiger partial charge on any atom is 0.446 e. The summed E-state index contributed by atoms with van der Waals surface area (Å²) in [6.45, 7) is 0. The van der Waals surface area contributed by atoms with Gasteiger partial charge in [0.1, 0.15) is 0 Å². The molecule has 0 heterocycles. The van der Waals surface area contributed by atoms with Gasteiger partial charge in [0.15, 0.2) is 5.96 Å². The van der Waals surface area contributed by atoms with Crippen molar-refractivity contribution < 1.29 is 13.2 Å². The largest absolute Gasteiger partial charge is 0.446 e. The van der Waals surface area contributed by atoms with E-state index in [1.807, 2.05) is 0 Å². The van der Waals surface area contributed by atoms with E-state index in [1.54, 1.807) is 0 Å². The highest BCUT2D eigenvalue weighted by Gasteiger charge is 2.28. The molecule has 106 valence electrons. The summed E-state index contributed by atoms with van der Waals surface area (Å²) < 4.78 is 36.2. The molecule has 0 fully saturated rings. The van der Waals surface area contributed by atoms with Crippen molar-refractivity contribution in [2.75, 3.05) is 0 Å². The molecule has 0 unspecified atom stereocenters. The van der Waals surface area contributed by atoms with E-state index in [1.165, 1.54) is 24.3 Å². The third kappa shape index (κ3) is 7.42. The fraction of sp³-hybridized carbons (Fsp3) is 0.111. The molecule has 0 aliphatic heterocycles. The first kappa shape index (κ1) is 17.4. The summed E-state index contributed by atoms with van der Waals surface area (Å²) >= 11 is -0.208. The van der Waals surface area contributed by atoms with Gasteiger partial charge in [-0.1, -0.05) is 0 Å². The van der Waals surface area contributed by atoms with Crippen LogP contribution < -0.4 is 17.2 Å². The molecule has 0 saturated heterocycles. The molecule has 10 heteroatoms. The maximum atomic E-state index is 12.1. The Morgan fingerprint density at radius 3 is 2.00 bits per heavy atom. The van der Waals surface area contributed by atoms with Crippen LogP contribution in [0, 0.1) is 0 Å². The number of thioether (sulfide) groups is 1. The van der Waals surface area contributed by atoms with Gasteiger partial charge in [0.05, 0.1) is 5.69 Å². The third-order valence-corrected chi connectivity index (χ3v) is 2.30. The highest BCUT2D eigenvalue weighted by atomic mass is 35.5. The Balaban J connectivity index is 0.00000324. The van der Waals surface area contributed by atoms with Crippen molar-refractivity contribution in [1.29, 1.82) is 0 Å². The number of guanidine groups is 2. The van der Waals surface area contributed by atoms with Gasteiger partial charge in [-0.15, -0.1) is 12.4 Å². The van der Waals surface area contributed by atoms with Crippen LogP contribution in [0.1, 0.15) is 0 Å². The lowest BCUT2D eigenvalue weighted by Crippen LogP contribution is -2.26. The van der Waals surface area contributed by atoms with E-state index in [0.717, 1.165) is 0 Å². The van der Waals surface area contributed by atoms with E-state index in [9.17, 15) is 13.2 Å². The van der Waals surface area contributed by atoms with Crippen molar-refractivity contribution >= 4 is 41.8 Å². The second kappa shape index (κ2) is 7.10. The molecule has 0 atom stereocenters. The zero-order valence-corrected chi connectivity index (χ0v) is 11.0. The molecule has 0 aromatic heterocycles. The first-order chi connectivity index (χ1) is 8.26. The Hall–Kier alpha value is -1.61.